The molecule has 5 heteroatoms. The minimum Gasteiger partial charge on any atom is -0.368 e. The van der Waals surface area contributed by atoms with Crippen molar-refractivity contribution < 1.29 is 9.53 Å². The highest BCUT2D eigenvalue weighted by molar-refractivity contribution is 5.81. The molecule has 2 unspecified atom stereocenters. The third-order valence-electron chi connectivity index (χ3n) is 3.97. The summed E-state index contributed by atoms with van der Waals surface area (Å²) in [5.41, 5.74) is 2.07. The number of nitrogens with one attached hydrogen (secondary N) is 1. The molecular weight excluding hydrogens is 266 g/mol. The van der Waals surface area contributed by atoms with Crippen LogP contribution in [-0.2, 0) is 16.1 Å². The van der Waals surface area contributed by atoms with Crippen molar-refractivity contribution in [3.05, 3.63) is 30.1 Å². The number of carbonyl (C=O) groups excluding carboxylic acids is 1. The third kappa shape index (κ3) is 2.65. The number of aromatic nitrogens is 2. The van der Waals surface area contributed by atoms with Gasteiger partial charge < -0.3 is 14.6 Å². The van der Waals surface area contributed by atoms with Crippen LogP contribution in [0, 0.1) is 0 Å². The fourth-order valence-electron chi connectivity index (χ4n) is 2.91. The van der Waals surface area contributed by atoms with Crippen molar-refractivity contribution in [2.75, 3.05) is 6.61 Å². The summed E-state index contributed by atoms with van der Waals surface area (Å²) >= 11 is 0. The quantitative estimate of drug-likeness (QED) is 0.939. The minimum absolute atomic E-state index is 0.0327. The van der Waals surface area contributed by atoms with Crippen LogP contribution >= 0.6 is 0 Å². The lowest BCUT2D eigenvalue weighted by Crippen LogP contribution is -2.36. The summed E-state index contributed by atoms with van der Waals surface area (Å²) in [4.78, 5) is 16.8. The molecule has 1 amide bonds. The van der Waals surface area contributed by atoms with E-state index in [1.54, 1.807) is 0 Å². The lowest BCUT2D eigenvalue weighted by atomic mass is 10.2. The normalized spacial score (nSPS) is 19.8. The number of ether oxygens (including phenoxy) is 1. The zero-order valence-corrected chi connectivity index (χ0v) is 12.5. The molecule has 0 spiro atoms. The van der Waals surface area contributed by atoms with Crippen molar-refractivity contribution >= 4 is 16.9 Å². The number of hydrogen-bond donors (Lipinski definition) is 1. The summed E-state index contributed by atoms with van der Waals surface area (Å²) in [5.74, 6) is 0.861. The number of para-hydroxylation sites is 2. The van der Waals surface area contributed by atoms with Crippen molar-refractivity contribution in [2.45, 2.75) is 45.4 Å². The maximum Gasteiger partial charge on any atom is 0.249 e. The predicted molar refractivity (Wildman–Crippen MR) is 80.9 cm³/mol. The van der Waals surface area contributed by atoms with E-state index < -0.39 is 0 Å². The number of hydrogen-bond acceptors (Lipinski definition) is 3. The molecule has 21 heavy (non-hydrogen) atoms. The van der Waals surface area contributed by atoms with Crippen LogP contribution < -0.4 is 5.32 Å². The Labute approximate surface area is 124 Å². The molecule has 1 aliphatic rings. The molecule has 5 nitrogen and oxygen atoms in total. The van der Waals surface area contributed by atoms with Gasteiger partial charge in [0.15, 0.2) is 0 Å². The Morgan fingerprint density at radius 3 is 3.05 bits per heavy atom. The van der Waals surface area contributed by atoms with Crippen LogP contribution in [0.1, 0.15) is 38.6 Å². The monoisotopic (exact) mass is 287 g/mol. The largest absolute Gasteiger partial charge is 0.368 e. The fourth-order valence-corrected chi connectivity index (χ4v) is 2.91. The molecule has 3 rings (SSSR count). The van der Waals surface area contributed by atoms with Gasteiger partial charge in [-0.25, -0.2) is 4.98 Å². The van der Waals surface area contributed by atoms with Gasteiger partial charge in [0.1, 0.15) is 11.9 Å². The second kappa shape index (κ2) is 5.85. The molecule has 0 bridgehead atoms. The number of benzene rings is 1. The molecule has 2 atom stereocenters. The summed E-state index contributed by atoms with van der Waals surface area (Å²) in [7, 11) is 0. The highest BCUT2D eigenvalue weighted by atomic mass is 16.5. The topological polar surface area (TPSA) is 56.2 Å². The lowest BCUT2D eigenvalue weighted by molar-refractivity contribution is -0.130. The molecule has 0 aliphatic carbocycles. The van der Waals surface area contributed by atoms with Gasteiger partial charge in [0.2, 0.25) is 5.91 Å². The standard InChI is InChI=1S/C16H21N3O2/c1-3-19-13-8-5-4-7-12(13)18-15(19)11(2)17-16(20)14-9-6-10-21-14/h4-5,7-8,11,14H,3,6,9-10H2,1-2H3,(H,17,20). The van der Waals surface area contributed by atoms with Gasteiger partial charge in [0.05, 0.1) is 17.1 Å². The number of aryl methyl sites for hydroxylation is 1. The van der Waals surface area contributed by atoms with E-state index in [2.05, 4.69) is 27.9 Å². The molecule has 112 valence electrons. The van der Waals surface area contributed by atoms with E-state index in [0.29, 0.717) is 6.61 Å². The van der Waals surface area contributed by atoms with Crippen LogP contribution in [-0.4, -0.2) is 28.2 Å². The highest BCUT2D eigenvalue weighted by Gasteiger charge is 2.26. The smallest absolute Gasteiger partial charge is 0.249 e. The van der Waals surface area contributed by atoms with Crippen molar-refractivity contribution in [1.29, 1.82) is 0 Å². The first-order chi connectivity index (χ1) is 10.2. The molecule has 0 saturated carbocycles. The zero-order chi connectivity index (χ0) is 14.8. The Bertz CT molecular complexity index is 644. The van der Waals surface area contributed by atoms with Crippen molar-refractivity contribution in [3.63, 3.8) is 0 Å². The Balaban J connectivity index is 1.83. The third-order valence-corrected chi connectivity index (χ3v) is 3.97. The minimum atomic E-state index is -0.299. The maximum absolute atomic E-state index is 12.2. The number of amides is 1. The van der Waals surface area contributed by atoms with Gasteiger partial charge in [-0.2, -0.15) is 0 Å². The van der Waals surface area contributed by atoms with Crippen LogP contribution in [0.3, 0.4) is 0 Å². The molecular formula is C16H21N3O2. The van der Waals surface area contributed by atoms with E-state index in [1.807, 2.05) is 25.1 Å². The second-order valence-electron chi connectivity index (χ2n) is 5.43. The summed E-state index contributed by atoms with van der Waals surface area (Å²) in [6.07, 6.45) is 1.47. The van der Waals surface area contributed by atoms with Gasteiger partial charge in [0.25, 0.3) is 0 Å². The van der Waals surface area contributed by atoms with Gasteiger partial charge in [-0.15, -0.1) is 0 Å². The van der Waals surface area contributed by atoms with Gasteiger partial charge in [-0.3, -0.25) is 4.79 Å². The Morgan fingerprint density at radius 2 is 2.33 bits per heavy atom. The summed E-state index contributed by atoms with van der Waals surface area (Å²) in [6, 6.07) is 7.92. The van der Waals surface area contributed by atoms with Gasteiger partial charge in [-0.1, -0.05) is 12.1 Å². The molecule has 1 aromatic carbocycles. The fraction of sp³-hybridized carbons (Fsp3) is 0.500. The van der Waals surface area contributed by atoms with Crippen LogP contribution in [0.4, 0.5) is 0 Å². The number of imidazole rings is 1. The van der Waals surface area contributed by atoms with Crippen LogP contribution in [0.25, 0.3) is 11.0 Å². The first-order valence-electron chi connectivity index (χ1n) is 7.58. The summed E-state index contributed by atoms with van der Waals surface area (Å²) in [5, 5.41) is 3.03. The molecule has 1 aromatic heterocycles. The van der Waals surface area contributed by atoms with Crippen LogP contribution in [0.5, 0.6) is 0 Å². The van der Waals surface area contributed by atoms with Crippen molar-refractivity contribution in [3.8, 4) is 0 Å². The predicted octanol–water partition coefficient (Wildman–Crippen LogP) is 2.41. The molecule has 2 aromatic rings. The first kappa shape index (κ1) is 14.1. The molecule has 1 aliphatic heterocycles. The van der Waals surface area contributed by atoms with Crippen molar-refractivity contribution in [2.24, 2.45) is 0 Å². The average Bonchev–Trinajstić information content (AvgIpc) is 3.14. The molecule has 1 fully saturated rings. The van der Waals surface area contributed by atoms with E-state index in [0.717, 1.165) is 36.2 Å². The lowest BCUT2D eigenvalue weighted by Gasteiger charge is -2.17. The van der Waals surface area contributed by atoms with Crippen molar-refractivity contribution in [1.82, 2.24) is 14.9 Å². The second-order valence-corrected chi connectivity index (χ2v) is 5.43. The molecule has 1 saturated heterocycles. The Kier molecular flexibility index (Phi) is 3.92. The number of fused-ring (bicyclic) bond motifs is 1. The van der Waals surface area contributed by atoms with Gasteiger partial charge in [0, 0.05) is 13.2 Å². The SMILES string of the molecule is CCn1c(C(C)NC(=O)C2CCCO2)nc2ccccc21. The van der Waals surface area contributed by atoms with E-state index in [9.17, 15) is 4.79 Å². The summed E-state index contributed by atoms with van der Waals surface area (Å²) in [6.45, 7) is 5.57. The molecule has 1 N–H and O–H groups in total. The first-order valence-corrected chi connectivity index (χ1v) is 7.58. The Morgan fingerprint density at radius 1 is 1.52 bits per heavy atom. The van der Waals surface area contributed by atoms with E-state index >= 15 is 0 Å². The summed E-state index contributed by atoms with van der Waals surface area (Å²) < 4.78 is 7.58. The van der Waals surface area contributed by atoms with E-state index in [-0.39, 0.29) is 18.1 Å². The Hall–Kier alpha value is -1.88. The molecule has 0 radical (unpaired) electrons. The highest BCUT2D eigenvalue weighted by Crippen LogP contribution is 2.21. The van der Waals surface area contributed by atoms with Crippen LogP contribution in [0.2, 0.25) is 0 Å². The average molecular weight is 287 g/mol. The number of rotatable bonds is 4. The van der Waals surface area contributed by atoms with E-state index in [4.69, 9.17) is 4.74 Å². The van der Waals surface area contributed by atoms with E-state index in [1.165, 1.54) is 0 Å². The maximum atomic E-state index is 12.2. The number of nitrogens with zero attached hydrogens (tertiary/aromatic N) is 2. The van der Waals surface area contributed by atoms with Gasteiger partial charge in [-0.05, 0) is 38.8 Å². The number of carbonyl (C=O) groups is 1. The molecule has 2 heterocycles. The zero-order valence-electron chi connectivity index (χ0n) is 12.5. The van der Waals surface area contributed by atoms with Crippen LogP contribution in [0.15, 0.2) is 24.3 Å². The van der Waals surface area contributed by atoms with Gasteiger partial charge >= 0.3 is 0 Å².